The zero-order valence-corrected chi connectivity index (χ0v) is 22.0. The third-order valence-electron chi connectivity index (χ3n) is 10.7. The molecule has 0 aliphatic heterocycles. The zero-order chi connectivity index (χ0) is 26.1. The van der Waals surface area contributed by atoms with Gasteiger partial charge < -0.3 is 0 Å². The van der Waals surface area contributed by atoms with E-state index < -0.39 is 0 Å². The molecule has 0 radical (unpaired) electrons. The van der Waals surface area contributed by atoms with Crippen molar-refractivity contribution in [2.75, 3.05) is 0 Å². The average Bonchev–Trinajstić information content (AvgIpc) is 3.70. The number of rotatable bonds is 0. The highest BCUT2D eigenvalue weighted by atomic mass is 14.7. The molecule has 6 aromatic carbocycles. The molecule has 0 bridgehead atoms. The van der Waals surface area contributed by atoms with Gasteiger partial charge in [0.15, 0.2) is 0 Å². The molecule has 2 spiro atoms. The minimum absolute atomic E-state index is 0.236. The molecule has 2 unspecified atom stereocenters. The van der Waals surface area contributed by atoms with Gasteiger partial charge in [0.05, 0.1) is 10.8 Å². The van der Waals surface area contributed by atoms with E-state index in [4.69, 9.17) is 0 Å². The number of hydrogen-bond donors (Lipinski definition) is 0. The van der Waals surface area contributed by atoms with Gasteiger partial charge in [-0.05, 0) is 66.8 Å². The van der Waals surface area contributed by atoms with E-state index in [-0.39, 0.29) is 22.7 Å². The molecule has 40 heavy (non-hydrogen) atoms. The SMILES string of the molecule is c1ccc2c(c1)-c1ccccc1C21c2ccccc2C2C1c1ccccc1C21c2ccccc2-c2ccccc21. The lowest BCUT2D eigenvalue weighted by atomic mass is 9.62. The first-order valence-corrected chi connectivity index (χ1v) is 14.5. The van der Waals surface area contributed by atoms with Crippen LogP contribution in [-0.4, -0.2) is 0 Å². The maximum absolute atomic E-state index is 2.45. The molecule has 0 saturated carbocycles. The van der Waals surface area contributed by atoms with Crippen LogP contribution >= 0.6 is 0 Å². The molecule has 0 amide bonds. The first-order chi connectivity index (χ1) is 19.9. The lowest BCUT2D eigenvalue weighted by Crippen LogP contribution is -2.34. The molecule has 0 fully saturated rings. The van der Waals surface area contributed by atoms with Gasteiger partial charge in [-0.3, -0.25) is 0 Å². The topological polar surface area (TPSA) is 0 Å². The van der Waals surface area contributed by atoms with E-state index in [0.717, 1.165) is 0 Å². The van der Waals surface area contributed by atoms with Crippen molar-refractivity contribution >= 4 is 0 Å². The first kappa shape index (κ1) is 21.2. The summed E-state index contributed by atoms with van der Waals surface area (Å²) in [6.07, 6.45) is 0. The normalized spacial score (nSPS) is 20.4. The van der Waals surface area contributed by atoms with E-state index in [1.54, 1.807) is 0 Å². The molecule has 0 saturated heterocycles. The van der Waals surface area contributed by atoms with E-state index in [1.165, 1.54) is 66.8 Å². The summed E-state index contributed by atoms with van der Waals surface area (Å²) in [6.45, 7) is 0. The van der Waals surface area contributed by atoms with Crippen LogP contribution in [0.15, 0.2) is 146 Å². The summed E-state index contributed by atoms with van der Waals surface area (Å²) in [4.78, 5) is 0. The zero-order valence-electron chi connectivity index (χ0n) is 22.0. The maximum Gasteiger partial charge on any atom is 0.0541 e. The molecule has 4 aliphatic carbocycles. The summed E-state index contributed by atoms with van der Waals surface area (Å²) < 4.78 is 0. The standard InChI is InChI=1S/C40H26/c1-7-19-31-25(13-1)26-14-2-8-20-32(26)39(31)35-23-11-5-17-29(35)38-37(39)30-18-6-12-24-36(30)40(38)33-21-9-3-15-27(33)28-16-4-10-22-34(28)40/h1-24,37-38H. The van der Waals surface area contributed by atoms with Crippen LogP contribution in [0.25, 0.3) is 22.3 Å². The van der Waals surface area contributed by atoms with E-state index in [0.29, 0.717) is 0 Å². The third kappa shape index (κ3) is 2.08. The second-order valence-corrected chi connectivity index (χ2v) is 11.9. The summed E-state index contributed by atoms with van der Waals surface area (Å²) in [7, 11) is 0. The van der Waals surface area contributed by atoms with Gasteiger partial charge in [0, 0.05) is 11.8 Å². The summed E-state index contributed by atoms with van der Waals surface area (Å²) >= 11 is 0. The predicted octanol–water partition coefficient (Wildman–Crippen LogP) is 9.21. The largest absolute Gasteiger partial charge is 0.0620 e. The van der Waals surface area contributed by atoms with Crippen molar-refractivity contribution in [2.45, 2.75) is 22.7 Å². The van der Waals surface area contributed by atoms with Gasteiger partial charge >= 0.3 is 0 Å². The van der Waals surface area contributed by atoms with Crippen molar-refractivity contribution in [2.24, 2.45) is 0 Å². The predicted molar refractivity (Wildman–Crippen MR) is 162 cm³/mol. The fraction of sp³-hybridized carbons (Fsp3) is 0.100. The van der Waals surface area contributed by atoms with Crippen LogP contribution in [0, 0.1) is 0 Å². The van der Waals surface area contributed by atoms with Crippen LogP contribution in [0.5, 0.6) is 0 Å². The summed E-state index contributed by atoms with van der Waals surface area (Å²) in [6, 6.07) is 55.7. The van der Waals surface area contributed by atoms with Gasteiger partial charge in [0.1, 0.15) is 0 Å². The Balaban J connectivity index is 1.43. The third-order valence-corrected chi connectivity index (χ3v) is 10.7. The van der Waals surface area contributed by atoms with Gasteiger partial charge in [-0.2, -0.15) is 0 Å². The van der Waals surface area contributed by atoms with Gasteiger partial charge in [0.25, 0.3) is 0 Å². The molecular formula is C40H26. The van der Waals surface area contributed by atoms with Crippen LogP contribution < -0.4 is 0 Å². The Morgan fingerprint density at radius 3 is 0.850 bits per heavy atom. The van der Waals surface area contributed by atoms with Crippen LogP contribution in [0.1, 0.15) is 56.3 Å². The molecule has 2 atom stereocenters. The molecule has 0 nitrogen and oxygen atoms in total. The Morgan fingerprint density at radius 2 is 0.525 bits per heavy atom. The number of fused-ring (bicyclic) bond motifs is 19. The highest BCUT2D eigenvalue weighted by Crippen LogP contribution is 2.77. The highest BCUT2D eigenvalue weighted by molar-refractivity contribution is 5.91. The smallest absolute Gasteiger partial charge is 0.0541 e. The Hall–Kier alpha value is -4.68. The molecule has 6 aromatic rings. The molecule has 0 aromatic heterocycles. The quantitative estimate of drug-likeness (QED) is 0.193. The Kier molecular flexibility index (Phi) is 3.75. The van der Waals surface area contributed by atoms with Gasteiger partial charge in [-0.1, -0.05) is 146 Å². The molecule has 0 heterocycles. The Bertz CT molecular complexity index is 1800. The minimum atomic E-state index is -0.236. The Labute approximate surface area is 234 Å². The second-order valence-electron chi connectivity index (χ2n) is 11.9. The van der Waals surface area contributed by atoms with Crippen molar-refractivity contribution in [1.82, 2.24) is 0 Å². The molecule has 4 aliphatic rings. The summed E-state index contributed by atoms with van der Waals surface area (Å²) in [5.41, 5.74) is 16.9. The second kappa shape index (κ2) is 7.09. The van der Waals surface area contributed by atoms with Gasteiger partial charge in [0.2, 0.25) is 0 Å². The average molecular weight is 507 g/mol. The molecule has 0 heteroatoms. The number of hydrogen-bond acceptors (Lipinski definition) is 0. The van der Waals surface area contributed by atoms with Crippen LogP contribution in [0.2, 0.25) is 0 Å². The van der Waals surface area contributed by atoms with Gasteiger partial charge in [-0.25, -0.2) is 0 Å². The van der Waals surface area contributed by atoms with Crippen LogP contribution in [0.4, 0.5) is 0 Å². The maximum atomic E-state index is 2.45. The molecule has 0 N–H and O–H groups in total. The van der Waals surface area contributed by atoms with E-state index >= 15 is 0 Å². The van der Waals surface area contributed by atoms with Crippen LogP contribution in [0.3, 0.4) is 0 Å². The lowest BCUT2D eigenvalue weighted by molar-refractivity contribution is 0.425. The van der Waals surface area contributed by atoms with Crippen molar-refractivity contribution in [3.8, 4) is 22.3 Å². The summed E-state index contributed by atoms with van der Waals surface area (Å²) in [5, 5.41) is 0. The molecular weight excluding hydrogens is 480 g/mol. The van der Waals surface area contributed by atoms with Crippen LogP contribution in [-0.2, 0) is 10.8 Å². The van der Waals surface area contributed by atoms with Gasteiger partial charge in [-0.15, -0.1) is 0 Å². The first-order valence-electron chi connectivity index (χ1n) is 14.5. The number of benzene rings is 6. The Morgan fingerprint density at radius 1 is 0.275 bits per heavy atom. The van der Waals surface area contributed by atoms with Crippen molar-refractivity contribution in [3.05, 3.63) is 190 Å². The molecule has 186 valence electrons. The van der Waals surface area contributed by atoms with E-state index in [2.05, 4.69) is 146 Å². The monoisotopic (exact) mass is 506 g/mol. The van der Waals surface area contributed by atoms with Crippen molar-refractivity contribution in [1.29, 1.82) is 0 Å². The van der Waals surface area contributed by atoms with E-state index in [9.17, 15) is 0 Å². The fourth-order valence-electron chi connectivity index (χ4n) is 9.70. The van der Waals surface area contributed by atoms with Crippen molar-refractivity contribution in [3.63, 3.8) is 0 Å². The summed E-state index contributed by atoms with van der Waals surface area (Å²) in [5.74, 6) is 0.565. The fourth-order valence-corrected chi connectivity index (χ4v) is 9.70. The van der Waals surface area contributed by atoms with E-state index in [1.807, 2.05) is 0 Å². The lowest BCUT2D eigenvalue weighted by Gasteiger charge is -2.38. The molecule has 10 rings (SSSR count). The van der Waals surface area contributed by atoms with Crippen molar-refractivity contribution < 1.29 is 0 Å². The minimum Gasteiger partial charge on any atom is -0.0620 e. The highest BCUT2D eigenvalue weighted by Gasteiger charge is 2.69.